The number of carbonyl (C=O) groups is 1. The van der Waals surface area contributed by atoms with Crippen molar-refractivity contribution in [2.45, 2.75) is 45.4 Å². The summed E-state index contributed by atoms with van der Waals surface area (Å²) >= 11 is 7.95. The molecule has 8 nitrogen and oxygen atoms in total. The van der Waals surface area contributed by atoms with Crippen LogP contribution >= 0.6 is 22.9 Å². The summed E-state index contributed by atoms with van der Waals surface area (Å²) in [4.78, 5) is 21.5. The molecule has 0 spiro atoms. The van der Waals surface area contributed by atoms with Gasteiger partial charge in [-0.05, 0) is 44.5 Å². The number of pyridine rings is 1. The zero-order chi connectivity index (χ0) is 25.2. The Morgan fingerprint density at radius 3 is 2.86 bits per heavy atom. The van der Waals surface area contributed by atoms with Gasteiger partial charge in [-0.2, -0.15) is 4.98 Å². The van der Waals surface area contributed by atoms with Crippen LogP contribution in [-0.2, 0) is 17.8 Å². The third-order valence-corrected chi connectivity index (χ3v) is 6.98. The average molecular weight is 514 g/mol. The van der Waals surface area contributed by atoms with Crippen LogP contribution in [0.3, 0.4) is 0 Å². The Morgan fingerprint density at radius 1 is 1.34 bits per heavy atom. The summed E-state index contributed by atoms with van der Waals surface area (Å²) in [6.07, 6.45) is 3.27. The van der Waals surface area contributed by atoms with E-state index in [0.717, 1.165) is 22.5 Å². The van der Waals surface area contributed by atoms with Crippen LogP contribution in [0.1, 0.15) is 42.9 Å². The van der Waals surface area contributed by atoms with E-state index in [1.54, 1.807) is 6.20 Å². The molecule has 0 unspecified atom stereocenters. The Bertz CT molecular complexity index is 1350. The van der Waals surface area contributed by atoms with Gasteiger partial charge in [0.2, 0.25) is 11.8 Å². The van der Waals surface area contributed by atoms with Gasteiger partial charge in [0, 0.05) is 28.9 Å². The molecule has 0 aliphatic heterocycles. The summed E-state index contributed by atoms with van der Waals surface area (Å²) < 4.78 is 8.14. The number of aliphatic hydroxyl groups excluding tert-OH is 1. The highest BCUT2D eigenvalue weighted by atomic mass is 35.5. The molecule has 4 N–H and O–H groups in total. The largest absolute Gasteiger partial charge is 0.469 e. The lowest BCUT2D eigenvalue weighted by Gasteiger charge is -2.24. The van der Waals surface area contributed by atoms with Crippen LogP contribution < -0.4 is 15.8 Å². The molecule has 0 fully saturated rings. The van der Waals surface area contributed by atoms with Gasteiger partial charge in [-0.15, -0.1) is 11.3 Å². The highest BCUT2D eigenvalue weighted by molar-refractivity contribution is 7.15. The van der Waals surface area contributed by atoms with E-state index in [2.05, 4.69) is 15.3 Å². The topological polar surface area (TPSA) is 115 Å². The fourth-order valence-corrected chi connectivity index (χ4v) is 4.91. The minimum atomic E-state index is -0.462. The van der Waals surface area contributed by atoms with Crippen molar-refractivity contribution in [2.24, 2.45) is 5.73 Å². The molecule has 10 heteroatoms. The standard InChI is InChI=1S/C25H28ClN5O3S/c1-15(17-8-7-16(10-18(17)26)12-29-25(2,3)14-32)34-23-20(11-21(27)33)35-24(30-23)19-13-28-22-6-4-5-9-31(19)22/h4-10,13,15,29,32H,11-12,14H2,1-3H3,(H2,27,33)/t15-/m1/s1. The van der Waals surface area contributed by atoms with E-state index in [4.69, 9.17) is 22.1 Å². The molecule has 1 amide bonds. The Kier molecular flexibility index (Phi) is 7.42. The number of fused-ring (bicyclic) bond motifs is 1. The second-order valence-electron chi connectivity index (χ2n) is 8.97. The number of amides is 1. The number of hydrogen-bond donors (Lipinski definition) is 3. The van der Waals surface area contributed by atoms with Crippen molar-refractivity contribution < 1.29 is 14.6 Å². The summed E-state index contributed by atoms with van der Waals surface area (Å²) in [7, 11) is 0. The number of hydrogen-bond acceptors (Lipinski definition) is 7. The number of rotatable bonds is 10. The molecule has 0 aliphatic carbocycles. The number of carbonyl (C=O) groups excluding carboxylic acids is 1. The lowest BCUT2D eigenvalue weighted by Crippen LogP contribution is -2.42. The van der Waals surface area contributed by atoms with Gasteiger partial charge in [0.1, 0.15) is 22.5 Å². The number of nitrogens with two attached hydrogens (primary N) is 1. The average Bonchev–Trinajstić information content (AvgIpc) is 3.41. The number of aromatic nitrogens is 3. The summed E-state index contributed by atoms with van der Waals surface area (Å²) in [6, 6.07) is 11.5. The van der Waals surface area contributed by atoms with Gasteiger partial charge in [-0.3, -0.25) is 9.20 Å². The second-order valence-corrected chi connectivity index (χ2v) is 10.5. The quantitative estimate of drug-likeness (QED) is 0.293. The van der Waals surface area contributed by atoms with Gasteiger partial charge >= 0.3 is 0 Å². The van der Waals surface area contributed by atoms with Gasteiger partial charge in [0.25, 0.3) is 0 Å². The van der Waals surface area contributed by atoms with Crippen molar-refractivity contribution in [1.82, 2.24) is 19.7 Å². The number of nitrogens with zero attached hydrogens (tertiary/aromatic N) is 3. The number of thiazole rings is 1. The zero-order valence-corrected chi connectivity index (χ0v) is 21.4. The minimum absolute atomic E-state index is 0.0233. The first-order valence-electron chi connectivity index (χ1n) is 11.2. The van der Waals surface area contributed by atoms with Crippen molar-refractivity contribution in [3.8, 4) is 16.6 Å². The lowest BCUT2D eigenvalue weighted by molar-refractivity contribution is -0.117. The van der Waals surface area contributed by atoms with Gasteiger partial charge in [0.05, 0.1) is 24.1 Å². The highest BCUT2D eigenvalue weighted by Gasteiger charge is 2.22. The molecule has 0 bridgehead atoms. The van der Waals surface area contributed by atoms with Crippen molar-refractivity contribution in [3.63, 3.8) is 0 Å². The molecule has 1 atom stereocenters. The Hall–Kier alpha value is -2.98. The first-order chi connectivity index (χ1) is 16.7. The van der Waals surface area contributed by atoms with Crippen LogP contribution in [0.2, 0.25) is 5.02 Å². The van der Waals surface area contributed by atoms with Crippen molar-refractivity contribution >= 4 is 34.5 Å². The highest BCUT2D eigenvalue weighted by Crippen LogP contribution is 2.36. The van der Waals surface area contributed by atoms with E-state index in [1.165, 1.54) is 11.3 Å². The predicted octanol–water partition coefficient (Wildman–Crippen LogP) is 4.14. The van der Waals surface area contributed by atoms with E-state index < -0.39 is 12.0 Å². The molecule has 3 aromatic heterocycles. The van der Waals surface area contributed by atoms with Crippen molar-refractivity contribution in [3.05, 3.63) is 69.8 Å². The summed E-state index contributed by atoms with van der Waals surface area (Å²) in [6.45, 7) is 6.34. The smallest absolute Gasteiger partial charge is 0.229 e. The number of primary amides is 1. The van der Waals surface area contributed by atoms with E-state index >= 15 is 0 Å². The van der Waals surface area contributed by atoms with Gasteiger partial charge in [-0.25, -0.2) is 4.98 Å². The van der Waals surface area contributed by atoms with Crippen LogP contribution in [0.15, 0.2) is 48.8 Å². The van der Waals surface area contributed by atoms with Crippen molar-refractivity contribution in [2.75, 3.05) is 6.61 Å². The van der Waals surface area contributed by atoms with Crippen LogP contribution in [0.5, 0.6) is 5.88 Å². The number of ether oxygens (including phenoxy) is 1. The van der Waals surface area contributed by atoms with Gasteiger partial charge in [-0.1, -0.05) is 29.8 Å². The maximum absolute atomic E-state index is 11.7. The van der Waals surface area contributed by atoms with E-state index in [0.29, 0.717) is 27.3 Å². The normalized spacial score (nSPS) is 12.7. The molecule has 0 radical (unpaired) electrons. The Morgan fingerprint density at radius 2 is 2.14 bits per heavy atom. The molecule has 4 aromatic rings. The number of benzene rings is 1. The first-order valence-corrected chi connectivity index (χ1v) is 12.4. The summed E-state index contributed by atoms with van der Waals surface area (Å²) in [5.41, 5.74) is 8.49. The maximum atomic E-state index is 11.7. The Balaban J connectivity index is 1.57. The molecular formula is C25H28ClN5O3S. The fraction of sp³-hybridized carbons (Fsp3) is 0.320. The number of aliphatic hydroxyl groups is 1. The predicted molar refractivity (Wildman–Crippen MR) is 138 cm³/mol. The van der Waals surface area contributed by atoms with Crippen LogP contribution in [0.25, 0.3) is 16.3 Å². The summed E-state index contributed by atoms with van der Waals surface area (Å²) in [5, 5.41) is 14.0. The van der Waals surface area contributed by atoms with E-state index in [1.807, 2.05) is 67.8 Å². The van der Waals surface area contributed by atoms with Crippen LogP contribution in [-0.4, -0.2) is 37.5 Å². The molecule has 0 saturated carbocycles. The SMILES string of the molecule is C[C@@H](Oc1nc(-c2cnc3ccccn23)sc1CC(N)=O)c1ccc(CNC(C)(C)CO)cc1Cl. The number of halogens is 1. The fourth-order valence-electron chi connectivity index (χ4n) is 3.54. The molecule has 0 saturated heterocycles. The monoisotopic (exact) mass is 513 g/mol. The minimum Gasteiger partial charge on any atom is -0.469 e. The molecule has 35 heavy (non-hydrogen) atoms. The van der Waals surface area contributed by atoms with E-state index in [-0.39, 0.29) is 18.6 Å². The molecule has 3 heterocycles. The van der Waals surface area contributed by atoms with Gasteiger partial charge in [0.15, 0.2) is 0 Å². The molecule has 0 aliphatic rings. The second kappa shape index (κ2) is 10.3. The van der Waals surface area contributed by atoms with Crippen molar-refractivity contribution in [1.29, 1.82) is 0 Å². The van der Waals surface area contributed by atoms with Gasteiger partial charge < -0.3 is 20.9 Å². The molecule has 184 valence electrons. The number of imidazole rings is 1. The lowest BCUT2D eigenvalue weighted by atomic mass is 10.0. The Labute approximate surface area is 212 Å². The maximum Gasteiger partial charge on any atom is 0.229 e. The molecule has 4 rings (SSSR count). The van der Waals surface area contributed by atoms with Crippen LogP contribution in [0.4, 0.5) is 0 Å². The summed E-state index contributed by atoms with van der Waals surface area (Å²) in [5.74, 6) is -0.106. The van der Waals surface area contributed by atoms with E-state index in [9.17, 15) is 9.90 Å². The number of nitrogens with one attached hydrogen (secondary N) is 1. The zero-order valence-electron chi connectivity index (χ0n) is 19.8. The third kappa shape index (κ3) is 5.82. The first kappa shape index (κ1) is 25.1. The molecule has 1 aromatic carbocycles. The third-order valence-electron chi connectivity index (χ3n) is 5.59. The van der Waals surface area contributed by atoms with Crippen LogP contribution in [0, 0.1) is 0 Å². The molecular weight excluding hydrogens is 486 g/mol.